The summed E-state index contributed by atoms with van der Waals surface area (Å²) >= 11 is 0. The molecule has 2 aromatic carbocycles. The molecule has 0 unspecified atom stereocenters. The van der Waals surface area contributed by atoms with Crippen molar-refractivity contribution in [2.24, 2.45) is 0 Å². The maximum atomic E-state index is 13.4. The zero-order valence-electron chi connectivity index (χ0n) is 17.4. The van der Waals surface area contributed by atoms with E-state index in [4.69, 9.17) is 4.74 Å². The number of nitrogens with zero attached hydrogens (tertiary/aromatic N) is 2. The van der Waals surface area contributed by atoms with E-state index in [1.54, 1.807) is 55.5 Å². The quantitative estimate of drug-likeness (QED) is 0.545. The second kappa shape index (κ2) is 9.54. The Balaban J connectivity index is 1.63. The SMILES string of the molecule is COc1ccc(C(=O)NCCNC(=O)c2cn(-c3ccccc3)nc2C(F)(F)F)cc1C. The molecule has 0 aliphatic heterocycles. The lowest BCUT2D eigenvalue weighted by Crippen LogP contribution is -2.35. The third kappa shape index (κ3) is 5.26. The van der Waals surface area contributed by atoms with Crippen LogP contribution in [0.2, 0.25) is 0 Å². The van der Waals surface area contributed by atoms with E-state index in [1.165, 1.54) is 7.11 Å². The number of amides is 2. The van der Waals surface area contributed by atoms with Gasteiger partial charge in [-0.15, -0.1) is 0 Å². The highest BCUT2D eigenvalue weighted by Gasteiger charge is 2.39. The van der Waals surface area contributed by atoms with Crippen LogP contribution in [0.15, 0.2) is 54.7 Å². The van der Waals surface area contributed by atoms with E-state index in [9.17, 15) is 22.8 Å². The van der Waals surface area contributed by atoms with E-state index >= 15 is 0 Å². The van der Waals surface area contributed by atoms with Crippen LogP contribution in [0.3, 0.4) is 0 Å². The first kappa shape index (κ1) is 22.9. The number of hydrogen-bond acceptors (Lipinski definition) is 4. The molecule has 3 aromatic rings. The third-order valence-corrected chi connectivity index (χ3v) is 4.60. The highest BCUT2D eigenvalue weighted by molar-refractivity contribution is 5.96. The molecule has 10 heteroatoms. The van der Waals surface area contributed by atoms with Gasteiger partial charge >= 0.3 is 6.18 Å². The number of alkyl halides is 3. The lowest BCUT2D eigenvalue weighted by Gasteiger charge is -2.10. The average Bonchev–Trinajstić information content (AvgIpc) is 3.23. The van der Waals surface area contributed by atoms with Crippen LogP contribution in [0, 0.1) is 6.92 Å². The normalized spacial score (nSPS) is 11.2. The Bertz CT molecular complexity index is 1110. The van der Waals surface area contributed by atoms with Gasteiger partial charge in [0.1, 0.15) is 5.75 Å². The second-order valence-corrected chi connectivity index (χ2v) is 6.87. The number of methoxy groups -OCH3 is 1. The summed E-state index contributed by atoms with van der Waals surface area (Å²) in [5, 5.41) is 8.54. The maximum absolute atomic E-state index is 13.4. The van der Waals surface area contributed by atoms with Gasteiger partial charge < -0.3 is 15.4 Å². The van der Waals surface area contributed by atoms with Crippen molar-refractivity contribution in [1.82, 2.24) is 20.4 Å². The molecule has 0 saturated heterocycles. The van der Waals surface area contributed by atoms with E-state index in [1.807, 2.05) is 0 Å². The molecular formula is C22H21F3N4O3. The Kier molecular flexibility index (Phi) is 6.82. The smallest absolute Gasteiger partial charge is 0.435 e. The first-order valence-electron chi connectivity index (χ1n) is 9.64. The number of aryl methyl sites for hydroxylation is 1. The average molecular weight is 446 g/mol. The summed E-state index contributed by atoms with van der Waals surface area (Å²) in [5.74, 6) is -0.669. The lowest BCUT2D eigenvalue weighted by atomic mass is 10.1. The van der Waals surface area contributed by atoms with Gasteiger partial charge in [-0.25, -0.2) is 4.68 Å². The van der Waals surface area contributed by atoms with Gasteiger partial charge in [0, 0.05) is 24.8 Å². The standard InChI is InChI=1S/C22H21F3N4O3/c1-14-12-15(8-9-18(14)32-2)20(30)26-10-11-27-21(31)17-13-29(16-6-4-3-5-7-16)28-19(17)22(23,24)25/h3-9,12-13H,10-11H2,1-2H3,(H,26,30)(H,27,31). The summed E-state index contributed by atoms with van der Waals surface area (Å²) in [4.78, 5) is 24.6. The highest BCUT2D eigenvalue weighted by Crippen LogP contribution is 2.31. The van der Waals surface area contributed by atoms with Crippen molar-refractivity contribution >= 4 is 11.8 Å². The molecule has 0 atom stereocenters. The highest BCUT2D eigenvalue weighted by atomic mass is 19.4. The zero-order valence-corrected chi connectivity index (χ0v) is 17.4. The monoisotopic (exact) mass is 446 g/mol. The Morgan fingerprint density at radius 3 is 2.28 bits per heavy atom. The van der Waals surface area contributed by atoms with Crippen molar-refractivity contribution in [2.45, 2.75) is 13.1 Å². The summed E-state index contributed by atoms with van der Waals surface area (Å²) < 4.78 is 46.3. The molecular weight excluding hydrogens is 425 g/mol. The number of aromatic nitrogens is 2. The molecule has 168 valence electrons. The molecule has 1 heterocycles. The second-order valence-electron chi connectivity index (χ2n) is 6.87. The first-order valence-corrected chi connectivity index (χ1v) is 9.64. The minimum atomic E-state index is -4.80. The summed E-state index contributed by atoms with van der Waals surface area (Å²) in [6.07, 6.45) is -3.76. The molecule has 0 radical (unpaired) electrons. The predicted molar refractivity (Wildman–Crippen MR) is 111 cm³/mol. The zero-order chi connectivity index (χ0) is 23.3. The van der Waals surface area contributed by atoms with Crippen LogP contribution in [0.25, 0.3) is 5.69 Å². The number of halogens is 3. The number of nitrogens with one attached hydrogen (secondary N) is 2. The molecule has 0 saturated carbocycles. The molecule has 1 aromatic heterocycles. The number of carbonyl (C=O) groups excluding carboxylic acids is 2. The summed E-state index contributed by atoms with van der Waals surface area (Å²) in [7, 11) is 1.53. The van der Waals surface area contributed by atoms with Gasteiger partial charge in [0.25, 0.3) is 11.8 Å². The van der Waals surface area contributed by atoms with Gasteiger partial charge in [0.05, 0.1) is 18.4 Å². The molecule has 7 nitrogen and oxygen atoms in total. The molecule has 2 N–H and O–H groups in total. The van der Waals surface area contributed by atoms with Gasteiger partial charge in [-0.05, 0) is 42.8 Å². The number of carbonyl (C=O) groups is 2. The van der Waals surface area contributed by atoms with Crippen LogP contribution >= 0.6 is 0 Å². The van der Waals surface area contributed by atoms with Crippen molar-refractivity contribution in [2.75, 3.05) is 20.2 Å². The van der Waals surface area contributed by atoms with Crippen LogP contribution in [-0.4, -0.2) is 41.8 Å². The summed E-state index contributed by atoms with van der Waals surface area (Å²) in [6, 6.07) is 13.1. The minimum absolute atomic E-state index is 0.0316. The van der Waals surface area contributed by atoms with E-state index in [0.717, 1.165) is 16.4 Å². The van der Waals surface area contributed by atoms with Crippen molar-refractivity contribution < 1.29 is 27.5 Å². The van der Waals surface area contributed by atoms with Gasteiger partial charge in [-0.3, -0.25) is 9.59 Å². The molecule has 0 aliphatic carbocycles. The Hall–Kier alpha value is -3.82. The van der Waals surface area contributed by atoms with Crippen LogP contribution in [0.4, 0.5) is 13.2 Å². The fourth-order valence-corrected chi connectivity index (χ4v) is 3.03. The Labute approximate surface area is 182 Å². The number of rotatable bonds is 7. The molecule has 0 bridgehead atoms. The van der Waals surface area contributed by atoms with Gasteiger partial charge in [0.15, 0.2) is 5.69 Å². The first-order chi connectivity index (χ1) is 15.2. The summed E-state index contributed by atoms with van der Waals surface area (Å²) in [6.45, 7) is 1.76. The largest absolute Gasteiger partial charge is 0.496 e. The lowest BCUT2D eigenvalue weighted by molar-refractivity contribution is -0.141. The van der Waals surface area contributed by atoms with Crippen molar-refractivity contribution in [1.29, 1.82) is 0 Å². The number of para-hydroxylation sites is 1. The fraction of sp³-hybridized carbons (Fsp3) is 0.227. The van der Waals surface area contributed by atoms with Crippen LogP contribution in [0.5, 0.6) is 5.75 Å². The Morgan fingerprint density at radius 2 is 1.69 bits per heavy atom. The van der Waals surface area contributed by atoms with Crippen molar-refractivity contribution in [3.63, 3.8) is 0 Å². The molecule has 0 aliphatic rings. The van der Waals surface area contributed by atoms with Gasteiger partial charge in [0.2, 0.25) is 0 Å². The van der Waals surface area contributed by atoms with Gasteiger partial charge in [-0.2, -0.15) is 18.3 Å². The maximum Gasteiger partial charge on any atom is 0.435 e. The molecule has 0 spiro atoms. The van der Waals surface area contributed by atoms with Crippen LogP contribution < -0.4 is 15.4 Å². The van der Waals surface area contributed by atoms with Crippen LogP contribution in [0.1, 0.15) is 32.0 Å². The topological polar surface area (TPSA) is 85.3 Å². The van der Waals surface area contributed by atoms with Crippen molar-refractivity contribution in [3.05, 3.63) is 77.1 Å². The Morgan fingerprint density at radius 1 is 1.03 bits per heavy atom. The molecule has 3 rings (SSSR count). The van der Waals surface area contributed by atoms with Crippen molar-refractivity contribution in [3.8, 4) is 11.4 Å². The minimum Gasteiger partial charge on any atom is -0.496 e. The predicted octanol–water partition coefficient (Wildman–Crippen LogP) is 3.37. The fourth-order valence-electron chi connectivity index (χ4n) is 3.03. The molecule has 2 amide bonds. The van der Waals surface area contributed by atoms with Crippen LogP contribution in [-0.2, 0) is 6.18 Å². The van der Waals surface area contributed by atoms with E-state index in [2.05, 4.69) is 15.7 Å². The molecule has 0 fully saturated rings. The van der Waals surface area contributed by atoms with E-state index in [-0.39, 0.29) is 19.0 Å². The number of ether oxygens (including phenoxy) is 1. The van der Waals surface area contributed by atoms with E-state index < -0.39 is 23.3 Å². The number of hydrogen-bond donors (Lipinski definition) is 2. The third-order valence-electron chi connectivity index (χ3n) is 4.60. The van der Waals surface area contributed by atoms with Gasteiger partial charge in [-0.1, -0.05) is 18.2 Å². The molecule has 32 heavy (non-hydrogen) atoms. The number of benzene rings is 2. The van der Waals surface area contributed by atoms with E-state index in [0.29, 0.717) is 17.0 Å². The summed E-state index contributed by atoms with van der Waals surface area (Å²) in [5.41, 5.74) is -0.309.